The molecule has 0 aliphatic rings. The molecule has 1 aromatic carbocycles. The maximum Gasteiger partial charge on any atom is 0.439 e. The second-order valence-electron chi connectivity index (χ2n) is 5.29. The molecule has 0 aromatic heterocycles. The predicted molar refractivity (Wildman–Crippen MR) is 75.5 cm³/mol. The molecule has 6 nitrogen and oxygen atoms in total. The van der Waals surface area contributed by atoms with E-state index < -0.39 is 21.7 Å². The number of hydrogen-bond donors (Lipinski definition) is 1. The molecule has 1 N–H and O–H groups in total. The first-order valence-electron chi connectivity index (χ1n) is 6.10. The van der Waals surface area contributed by atoms with Gasteiger partial charge < -0.3 is 4.74 Å². The highest BCUT2D eigenvalue weighted by Gasteiger charge is 2.32. The fourth-order valence-electron chi connectivity index (χ4n) is 1.43. The number of nitrogens with zero attached hydrogens (tertiary/aromatic N) is 1. The second-order valence-corrected chi connectivity index (χ2v) is 7.07. The number of carbonyl (C=O) groups excluding carboxylic acids is 1. The molecular formula is C13H20N2O4S. The van der Waals surface area contributed by atoms with E-state index in [4.69, 9.17) is 4.74 Å². The minimum Gasteiger partial charge on any atom is -0.442 e. The quantitative estimate of drug-likeness (QED) is 0.865. The Morgan fingerprint density at radius 3 is 2.10 bits per heavy atom. The number of nitrogens with one attached hydrogen (secondary N) is 1. The maximum absolute atomic E-state index is 12.4. The largest absolute Gasteiger partial charge is 0.442 e. The van der Waals surface area contributed by atoms with Crippen molar-refractivity contribution < 1.29 is 17.9 Å². The van der Waals surface area contributed by atoms with Crippen molar-refractivity contribution in [3.05, 3.63) is 29.8 Å². The SMILES string of the molecule is CNN(C(=O)OC(C)(C)C)S(=O)(=O)c1ccc(C)cc1. The van der Waals surface area contributed by atoms with E-state index in [1.165, 1.54) is 19.2 Å². The monoisotopic (exact) mass is 300 g/mol. The minimum atomic E-state index is -3.99. The van der Waals surface area contributed by atoms with Crippen LogP contribution >= 0.6 is 0 Å². The fraction of sp³-hybridized carbons (Fsp3) is 0.462. The Bertz CT molecular complexity index is 573. The third-order valence-corrected chi connectivity index (χ3v) is 4.00. The van der Waals surface area contributed by atoms with Gasteiger partial charge in [-0.3, -0.25) is 0 Å². The number of amides is 1. The molecule has 0 saturated carbocycles. The number of rotatable bonds is 3. The molecule has 0 atom stereocenters. The standard InChI is InChI=1S/C13H20N2O4S/c1-10-6-8-11(9-7-10)20(17,18)15(14-5)12(16)19-13(2,3)4/h6-9,14H,1-5H3. The Morgan fingerprint density at radius 2 is 1.70 bits per heavy atom. The first kappa shape index (κ1) is 16.5. The van der Waals surface area contributed by atoms with E-state index in [1.54, 1.807) is 32.9 Å². The number of sulfonamides is 1. The van der Waals surface area contributed by atoms with Gasteiger partial charge in [-0.2, -0.15) is 8.42 Å². The summed E-state index contributed by atoms with van der Waals surface area (Å²) >= 11 is 0. The van der Waals surface area contributed by atoms with Crippen molar-refractivity contribution in [3.63, 3.8) is 0 Å². The third kappa shape index (κ3) is 3.94. The molecule has 20 heavy (non-hydrogen) atoms. The smallest absolute Gasteiger partial charge is 0.439 e. The van der Waals surface area contributed by atoms with E-state index in [0.717, 1.165) is 5.56 Å². The zero-order valence-electron chi connectivity index (χ0n) is 12.3. The van der Waals surface area contributed by atoms with Crippen molar-refractivity contribution in [1.82, 2.24) is 9.84 Å². The summed E-state index contributed by atoms with van der Waals surface area (Å²) in [5.41, 5.74) is 2.49. The Morgan fingerprint density at radius 1 is 1.20 bits per heavy atom. The molecule has 0 unspecified atom stereocenters. The molecule has 0 aliphatic carbocycles. The molecule has 0 heterocycles. The molecule has 0 radical (unpaired) electrons. The molecule has 0 saturated heterocycles. The van der Waals surface area contributed by atoms with Crippen molar-refractivity contribution >= 4 is 16.1 Å². The van der Waals surface area contributed by atoms with E-state index in [-0.39, 0.29) is 4.90 Å². The van der Waals surface area contributed by atoms with E-state index in [1.807, 2.05) is 6.92 Å². The Hall–Kier alpha value is -1.60. The summed E-state index contributed by atoms with van der Waals surface area (Å²) in [7, 11) is -2.65. The number of carbonyl (C=O) groups is 1. The lowest BCUT2D eigenvalue weighted by Gasteiger charge is -2.26. The molecule has 0 aliphatic heterocycles. The first-order valence-corrected chi connectivity index (χ1v) is 7.54. The molecule has 1 amide bonds. The summed E-state index contributed by atoms with van der Waals surface area (Å²) in [4.78, 5) is 12.0. The van der Waals surface area contributed by atoms with Gasteiger partial charge in [-0.15, -0.1) is 4.41 Å². The summed E-state index contributed by atoms with van der Waals surface area (Å²) in [6.07, 6.45) is -0.972. The van der Waals surface area contributed by atoms with Crippen LogP contribution in [0.15, 0.2) is 29.2 Å². The second kappa shape index (κ2) is 5.80. The molecule has 0 spiro atoms. The topological polar surface area (TPSA) is 75.7 Å². The van der Waals surface area contributed by atoms with Gasteiger partial charge in [-0.05, 0) is 39.8 Å². The van der Waals surface area contributed by atoms with E-state index in [0.29, 0.717) is 4.41 Å². The highest BCUT2D eigenvalue weighted by Crippen LogP contribution is 2.17. The number of aryl methyl sites for hydroxylation is 1. The molecule has 1 aromatic rings. The molecule has 1 rings (SSSR count). The van der Waals surface area contributed by atoms with Gasteiger partial charge >= 0.3 is 6.09 Å². The van der Waals surface area contributed by atoms with Crippen LogP contribution in [0.5, 0.6) is 0 Å². The number of ether oxygens (including phenoxy) is 1. The van der Waals surface area contributed by atoms with Gasteiger partial charge in [0.1, 0.15) is 5.60 Å². The number of hydrazine groups is 1. The van der Waals surface area contributed by atoms with E-state index >= 15 is 0 Å². The molecule has 7 heteroatoms. The first-order chi connectivity index (χ1) is 9.08. The normalized spacial score (nSPS) is 12.1. The Labute approximate surface area is 119 Å². The molecule has 112 valence electrons. The Kier molecular flexibility index (Phi) is 4.77. The van der Waals surface area contributed by atoms with Crippen LogP contribution in [-0.2, 0) is 14.8 Å². The van der Waals surface area contributed by atoms with Crippen molar-refractivity contribution in [2.45, 2.75) is 38.2 Å². The van der Waals surface area contributed by atoms with Gasteiger partial charge in [-0.1, -0.05) is 17.7 Å². The van der Waals surface area contributed by atoms with E-state index in [9.17, 15) is 13.2 Å². The van der Waals surface area contributed by atoms with Crippen LogP contribution in [0, 0.1) is 6.92 Å². The van der Waals surface area contributed by atoms with Gasteiger partial charge in [0.25, 0.3) is 10.0 Å². The summed E-state index contributed by atoms with van der Waals surface area (Å²) in [6, 6.07) is 6.21. The van der Waals surface area contributed by atoms with Crippen LogP contribution in [0.25, 0.3) is 0 Å². The van der Waals surface area contributed by atoms with Crippen molar-refractivity contribution in [2.75, 3.05) is 7.05 Å². The molecule has 0 fully saturated rings. The lowest BCUT2D eigenvalue weighted by atomic mass is 10.2. The highest BCUT2D eigenvalue weighted by molar-refractivity contribution is 7.89. The van der Waals surface area contributed by atoms with Gasteiger partial charge in [0.15, 0.2) is 0 Å². The van der Waals surface area contributed by atoms with Crippen molar-refractivity contribution in [1.29, 1.82) is 0 Å². The van der Waals surface area contributed by atoms with E-state index in [2.05, 4.69) is 5.43 Å². The average Bonchev–Trinajstić information content (AvgIpc) is 2.27. The van der Waals surface area contributed by atoms with Crippen molar-refractivity contribution in [3.8, 4) is 0 Å². The fourth-order valence-corrected chi connectivity index (χ4v) is 2.59. The van der Waals surface area contributed by atoms with Gasteiger partial charge in [0, 0.05) is 7.05 Å². The van der Waals surface area contributed by atoms with Crippen LogP contribution in [0.3, 0.4) is 0 Å². The summed E-state index contributed by atoms with van der Waals surface area (Å²) in [6.45, 7) is 6.84. The van der Waals surface area contributed by atoms with Crippen LogP contribution in [-0.4, -0.2) is 31.6 Å². The summed E-state index contributed by atoms with van der Waals surface area (Å²) in [5.74, 6) is 0. The average molecular weight is 300 g/mol. The predicted octanol–water partition coefficient (Wildman–Crippen LogP) is 2.06. The van der Waals surface area contributed by atoms with Crippen LogP contribution in [0.2, 0.25) is 0 Å². The maximum atomic E-state index is 12.4. The zero-order chi connectivity index (χ0) is 15.6. The minimum absolute atomic E-state index is 0.0170. The van der Waals surface area contributed by atoms with Crippen LogP contribution in [0.1, 0.15) is 26.3 Å². The molecular weight excluding hydrogens is 280 g/mol. The van der Waals surface area contributed by atoms with Gasteiger partial charge in [0.2, 0.25) is 0 Å². The zero-order valence-corrected chi connectivity index (χ0v) is 13.1. The Balaban J connectivity index is 3.10. The number of hydrogen-bond acceptors (Lipinski definition) is 5. The summed E-state index contributed by atoms with van der Waals surface area (Å²) in [5, 5.41) is 0. The third-order valence-electron chi connectivity index (χ3n) is 2.32. The summed E-state index contributed by atoms with van der Waals surface area (Å²) < 4.78 is 30.3. The number of benzene rings is 1. The molecule has 0 bridgehead atoms. The lowest BCUT2D eigenvalue weighted by Crippen LogP contribution is -2.47. The van der Waals surface area contributed by atoms with Crippen LogP contribution < -0.4 is 5.43 Å². The van der Waals surface area contributed by atoms with Gasteiger partial charge in [-0.25, -0.2) is 10.2 Å². The van der Waals surface area contributed by atoms with Crippen molar-refractivity contribution in [2.24, 2.45) is 0 Å². The van der Waals surface area contributed by atoms with Gasteiger partial charge in [0.05, 0.1) is 4.90 Å². The highest BCUT2D eigenvalue weighted by atomic mass is 32.2. The van der Waals surface area contributed by atoms with Crippen LogP contribution in [0.4, 0.5) is 4.79 Å². The lowest BCUT2D eigenvalue weighted by molar-refractivity contribution is 0.0339.